The van der Waals surface area contributed by atoms with Gasteiger partial charge < -0.3 is 5.32 Å². The molecule has 0 aliphatic heterocycles. The molecule has 0 heterocycles. The molecule has 2 nitrogen and oxygen atoms in total. The normalized spacial score (nSPS) is 10.8. The number of hydrogen-bond acceptors (Lipinski definition) is 1. The third-order valence-corrected chi connectivity index (χ3v) is 3.40. The molecule has 1 N–H and O–H groups in total. The predicted molar refractivity (Wildman–Crippen MR) is 88.2 cm³/mol. The summed E-state index contributed by atoms with van der Waals surface area (Å²) in [5.41, 5.74) is 1.98. The van der Waals surface area contributed by atoms with Crippen LogP contribution in [0.25, 0.3) is 6.08 Å². The first-order valence-electron chi connectivity index (χ1n) is 7.09. The quantitative estimate of drug-likeness (QED) is 0.626. The number of benzene rings is 2. The molecule has 0 fully saturated rings. The zero-order valence-corrected chi connectivity index (χ0v) is 12.8. The second-order valence-electron chi connectivity index (χ2n) is 4.91. The number of halogens is 2. The van der Waals surface area contributed by atoms with Crippen molar-refractivity contribution in [2.24, 2.45) is 0 Å². The van der Waals surface area contributed by atoms with Crippen molar-refractivity contribution in [2.75, 3.05) is 6.54 Å². The second-order valence-corrected chi connectivity index (χ2v) is 5.34. The highest BCUT2D eigenvalue weighted by molar-refractivity contribution is 6.30. The van der Waals surface area contributed by atoms with E-state index in [0.717, 1.165) is 24.0 Å². The van der Waals surface area contributed by atoms with E-state index in [1.807, 2.05) is 12.1 Å². The first-order valence-corrected chi connectivity index (χ1v) is 7.47. The van der Waals surface area contributed by atoms with Crippen LogP contribution >= 0.6 is 11.6 Å². The van der Waals surface area contributed by atoms with Crippen LogP contribution in [0.3, 0.4) is 0 Å². The van der Waals surface area contributed by atoms with Crippen molar-refractivity contribution in [3.63, 3.8) is 0 Å². The molecule has 0 saturated carbocycles. The van der Waals surface area contributed by atoms with Crippen molar-refractivity contribution >= 4 is 23.6 Å². The van der Waals surface area contributed by atoms with Gasteiger partial charge in [-0.1, -0.05) is 35.9 Å². The van der Waals surface area contributed by atoms with Crippen molar-refractivity contribution in [3.8, 4) is 0 Å². The molecule has 0 saturated heterocycles. The summed E-state index contributed by atoms with van der Waals surface area (Å²) in [6.45, 7) is 0.584. The zero-order valence-electron chi connectivity index (χ0n) is 12.1. The van der Waals surface area contributed by atoms with Gasteiger partial charge in [0, 0.05) is 17.6 Å². The fourth-order valence-corrected chi connectivity index (χ4v) is 2.09. The Morgan fingerprint density at radius 3 is 2.45 bits per heavy atom. The Morgan fingerprint density at radius 1 is 1.09 bits per heavy atom. The van der Waals surface area contributed by atoms with Crippen LogP contribution in [-0.2, 0) is 11.2 Å². The molecule has 0 aliphatic rings. The lowest BCUT2D eigenvalue weighted by Crippen LogP contribution is -2.22. The van der Waals surface area contributed by atoms with Gasteiger partial charge >= 0.3 is 0 Å². The fraction of sp³-hybridized carbons (Fsp3) is 0.167. The first kappa shape index (κ1) is 16.2. The van der Waals surface area contributed by atoms with Gasteiger partial charge in [0.2, 0.25) is 5.91 Å². The Kier molecular flexibility index (Phi) is 6.16. The minimum absolute atomic E-state index is 0.131. The number of amides is 1. The molecule has 2 rings (SSSR count). The molecule has 0 bridgehead atoms. The van der Waals surface area contributed by atoms with E-state index < -0.39 is 0 Å². The molecule has 0 unspecified atom stereocenters. The molecular formula is C18H17ClFNO. The van der Waals surface area contributed by atoms with Crippen LogP contribution in [0.15, 0.2) is 54.6 Å². The van der Waals surface area contributed by atoms with Gasteiger partial charge in [-0.2, -0.15) is 0 Å². The van der Waals surface area contributed by atoms with Crippen LogP contribution in [0.1, 0.15) is 17.5 Å². The Bertz CT molecular complexity index is 635. The van der Waals surface area contributed by atoms with Crippen molar-refractivity contribution in [1.29, 1.82) is 0 Å². The van der Waals surface area contributed by atoms with E-state index in [1.165, 1.54) is 18.2 Å². The highest BCUT2D eigenvalue weighted by Crippen LogP contribution is 2.10. The van der Waals surface area contributed by atoms with Crippen LogP contribution < -0.4 is 5.32 Å². The van der Waals surface area contributed by atoms with Crippen LogP contribution in [0.4, 0.5) is 4.39 Å². The van der Waals surface area contributed by atoms with Gasteiger partial charge in [0.25, 0.3) is 0 Å². The summed E-state index contributed by atoms with van der Waals surface area (Å²) in [6, 6.07) is 13.7. The summed E-state index contributed by atoms with van der Waals surface area (Å²) in [5, 5.41) is 3.49. The molecule has 0 aliphatic carbocycles. The van der Waals surface area contributed by atoms with Crippen LogP contribution in [0.2, 0.25) is 5.02 Å². The standard InChI is InChI=1S/C18H17ClFNO/c19-16-8-3-15(4-9-16)7-12-18(22)21-13-1-2-14-5-10-17(20)11-6-14/h3-12H,1-2,13H2,(H,21,22)/b12-7+. The minimum atomic E-state index is -0.232. The third kappa shape index (κ3) is 5.70. The number of rotatable bonds is 6. The van der Waals surface area contributed by atoms with E-state index in [1.54, 1.807) is 30.3 Å². The zero-order chi connectivity index (χ0) is 15.8. The molecule has 22 heavy (non-hydrogen) atoms. The van der Waals surface area contributed by atoms with Gasteiger partial charge in [-0.05, 0) is 54.3 Å². The van der Waals surface area contributed by atoms with Crippen LogP contribution in [0.5, 0.6) is 0 Å². The van der Waals surface area contributed by atoms with E-state index in [-0.39, 0.29) is 11.7 Å². The van der Waals surface area contributed by atoms with Gasteiger partial charge in [-0.25, -0.2) is 4.39 Å². The van der Waals surface area contributed by atoms with Gasteiger partial charge in [0.05, 0.1) is 0 Å². The number of hydrogen-bond donors (Lipinski definition) is 1. The van der Waals surface area contributed by atoms with E-state index in [4.69, 9.17) is 11.6 Å². The summed E-state index contributed by atoms with van der Waals surface area (Å²) in [4.78, 5) is 11.7. The predicted octanol–water partition coefficient (Wildman–Crippen LogP) is 4.24. The molecule has 2 aromatic rings. The monoisotopic (exact) mass is 317 g/mol. The van der Waals surface area contributed by atoms with Crippen molar-refractivity contribution in [2.45, 2.75) is 12.8 Å². The summed E-state index contributed by atoms with van der Waals surface area (Å²) < 4.78 is 12.8. The summed E-state index contributed by atoms with van der Waals surface area (Å²) in [6.07, 6.45) is 4.86. The lowest BCUT2D eigenvalue weighted by molar-refractivity contribution is -0.116. The molecule has 4 heteroatoms. The van der Waals surface area contributed by atoms with E-state index in [9.17, 15) is 9.18 Å². The Balaban J connectivity index is 1.69. The lowest BCUT2D eigenvalue weighted by atomic mass is 10.1. The molecular weight excluding hydrogens is 301 g/mol. The lowest BCUT2D eigenvalue weighted by Gasteiger charge is -2.03. The average Bonchev–Trinajstić information content (AvgIpc) is 2.53. The van der Waals surface area contributed by atoms with E-state index in [2.05, 4.69) is 5.32 Å². The van der Waals surface area contributed by atoms with Gasteiger partial charge in [0.1, 0.15) is 5.82 Å². The minimum Gasteiger partial charge on any atom is -0.353 e. The summed E-state index contributed by atoms with van der Waals surface area (Å²) >= 11 is 5.79. The molecule has 0 radical (unpaired) electrons. The summed E-state index contributed by atoms with van der Waals surface area (Å²) in [5.74, 6) is -0.363. The molecule has 0 aromatic heterocycles. The number of carbonyl (C=O) groups excluding carboxylic acids is 1. The maximum absolute atomic E-state index is 12.8. The Morgan fingerprint density at radius 2 is 1.77 bits per heavy atom. The highest BCUT2D eigenvalue weighted by Gasteiger charge is 1.97. The van der Waals surface area contributed by atoms with Crippen molar-refractivity contribution in [1.82, 2.24) is 5.32 Å². The number of carbonyl (C=O) groups is 1. The van der Waals surface area contributed by atoms with Crippen LogP contribution in [-0.4, -0.2) is 12.5 Å². The molecule has 0 spiro atoms. The molecule has 0 atom stereocenters. The van der Waals surface area contributed by atoms with Crippen molar-refractivity contribution < 1.29 is 9.18 Å². The number of aryl methyl sites for hydroxylation is 1. The Hall–Kier alpha value is -2.13. The third-order valence-electron chi connectivity index (χ3n) is 3.15. The fourth-order valence-electron chi connectivity index (χ4n) is 1.96. The SMILES string of the molecule is O=C(/C=C/c1ccc(Cl)cc1)NCCCc1ccc(F)cc1. The maximum atomic E-state index is 12.8. The summed E-state index contributed by atoms with van der Waals surface area (Å²) in [7, 11) is 0. The highest BCUT2D eigenvalue weighted by atomic mass is 35.5. The van der Waals surface area contributed by atoms with Crippen LogP contribution in [0, 0.1) is 5.82 Å². The second kappa shape index (κ2) is 8.35. The molecule has 114 valence electrons. The Labute approximate surface area is 134 Å². The van der Waals surface area contributed by atoms with Gasteiger partial charge in [0.15, 0.2) is 0 Å². The average molecular weight is 318 g/mol. The van der Waals surface area contributed by atoms with Gasteiger partial charge in [-0.3, -0.25) is 4.79 Å². The largest absolute Gasteiger partial charge is 0.353 e. The molecule has 1 amide bonds. The first-order chi connectivity index (χ1) is 10.6. The smallest absolute Gasteiger partial charge is 0.243 e. The number of nitrogens with one attached hydrogen (secondary N) is 1. The topological polar surface area (TPSA) is 29.1 Å². The van der Waals surface area contributed by atoms with E-state index in [0.29, 0.717) is 11.6 Å². The maximum Gasteiger partial charge on any atom is 0.243 e. The van der Waals surface area contributed by atoms with E-state index >= 15 is 0 Å². The van der Waals surface area contributed by atoms with Gasteiger partial charge in [-0.15, -0.1) is 0 Å². The van der Waals surface area contributed by atoms with Crippen molar-refractivity contribution in [3.05, 3.63) is 76.6 Å². The molecule has 2 aromatic carbocycles.